The van der Waals surface area contributed by atoms with Crippen LogP contribution in [0.5, 0.6) is 0 Å². The number of unbranched alkanes of at least 4 members (excludes halogenated alkanes) is 4. The molecule has 128 valence electrons. The molecule has 2 nitrogen and oxygen atoms in total. The van der Waals surface area contributed by atoms with E-state index in [1.807, 2.05) is 0 Å². The molecule has 0 amide bonds. The van der Waals surface area contributed by atoms with Crippen LogP contribution in [0, 0.1) is 0 Å². The van der Waals surface area contributed by atoms with Gasteiger partial charge in [-0.05, 0) is 0 Å². The quantitative estimate of drug-likeness (QED) is 0.340. The third kappa shape index (κ3) is 10.2. The second-order valence-electron chi connectivity index (χ2n) is 6.76. The van der Waals surface area contributed by atoms with E-state index >= 15 is 0 Å². The molecule has 0 aliphatic carbocycles. The minimum atomic E-state index is -2.80. The van der Waals surface area contributed by atoms with Gasteiger partial charge in [-0.25, -0.2) is 0 Å². The summed E-state index contributed by atoms with van der Waals surface area (Å²) in [5.74, 6) is 0.437. The second kappa shape index (κ2) is 12.2. The summed E-state index contributed by atoms with van der Waals surface area (Å²) in [7, 11) is -2.80. The van der Waals surface area contributed by atoms with Gasteiger partial charge in [0.25, 0.3) is 0 Å². The van der Waals surface area contributed by atoms with Crippen LogP contribution in [0.2, 0.25) is 13.3 Å². The van der Waals surface area contributed by atoms with Crippen molar-refractivity contribution in [1.82, 2.24) is 0 Å². The molecule has 0 aromatic heterocycles. The summed E-state index contributed by atoms with van der Waals surface area (Å²) in [4.78, 5) is 0. The summed E-state index contributed by atoms with van der Waals surface area (Å²) in [5.41, 5.74) is 0. The van der Waals surface area contributed by atoms with Gasteiger partial charge in [0.2, 0.25) is 0 Å². The van der Waals surface area contributed by atoms with Gasteiger partial charge in [0.05, 0.1) is 0 Å². The number of sulfone groups is 1. The molecule has 0 unspecified atom stereocenters. The average Bonchev–Trinajstić information content (AvgIpc) is 2.46. The Morgan fingerprint density at radius 3 is 1.38 bits per heavy atom. The summed E-state index contributed by atoms with van der Waals surface area (Å²) >= 11 is -2.49. The van der Waals surface area contributed by atoms with Crippen LogP contribution in [0.4, 0.5) is 0 Å². The van der Waals surface area contributed by atoms with E-state index in [0.29, 0.717) is 9.52 Å². The van der Waals surface area contributed by atoms with Crippen LogP contribution in [0.25, 0.3) is 0 Å². The van der Waals surface area contributed by atoms with Crippen LogP contribution in [0.1, 0.15) is 79.1 Å². The van der Waals surface area contributed by atoms with Crippen molar-refractivity contribution in [2.75, 3.05) is 9.52 Å². The van der Waals surface area contributed by atoms with Gasteiger partial charge in [-0.1, -0.05) is 0 Å². The molecule has 0 radical (unpaired) electrons. The zero-order valence-electron chi connectivity index (χ0n) is 14.9. The van der Waals surface area contributed by atoms with Crippen molar-refractivity contribution < 1.29 is 8.42 Å². The van der Waals surface area contributed by atoms with Gasteiger partial charge >= 0.3 is 139 Å². The zero-order valence-corrected chi connectivity index (χ0v) is 18.6. The summed E-state index contributed by atoms with van der Waals surface area (Å²) < 4.78 is 29.6. The zero-order chi connectivity index (χ0) is 16.2. The molecule has 0 saturated carbocycles. The molecule has 0 N–H and O–H groups in total. The van der Waals surface area contributed by atoms with Crippen molar-refractivity contribution in [3.63, 3.8) is 0 Å². The van der Waals surface area contributed by atoms with Crippen molar-refractivity contribution in [3.05, 3.63) is 0 Å². The molecular weight excluding hydrogens is 387 g/mol. The summed E-state index contributed by atoms with van der Waals surface area (Å²) in [6, 6.07) is 0. The van der Waals surface area contributed by atoms with Crippen molar-refractivity contribution >= 4 is 28.2 Å². The van der Waals surface area contributed by atoms with Crippen LogP contribution in [0.15, 0.2) is 0 Å². The van der Waals surface area contributed by atoms with Crippen molar-refractivity contribution in [3.8, 4) is 0 Å². The normalized spacial score (nSPS) is 12.8. The molecular formula is C17H38O2SSn. The number of rotatable bonds is 14. The van der Waals surface area contributed by atoms with Crippen molar-refractivity contribution in [2.45, 2.75) is 92.4 Å². The van der Waals surface area contributed by atoms with Crippen molar-refractivity contribution in [1.29, 1.82) is 0 Å². The first-order chi connectivity index (χ1) is 9.95. The molecule has 21 heavy (non-hydrogen) atoms. The van der Waals surface area contributed by atoms with E-state index in [-0.39, 0.29) is 0 Å². The van der Waals surface area contributed by atoms with Crippen LogP contribution in [-0.4, -0.2) is 36.3 Å². The number of hydrogen-bond acceptors (Lipinski definition) is 2. The molecule has 0 aliphatic rings. The fourth-order valence-electron chi connectivity index (χ4n) is 3.15. The van der Waals surface area contributed by atoms with Gasteiger partial charge in [-0.3, -0.25) is 0 Å². The van der Waals surface area contributed by atoms with Gasteiger partial charge < -0.3 is 0 Å². The molecule has 0 fully saturated rings. The summed E-state index contributed by atoms with van der Waals surface area (Å²) in [6.45, 7) is 8.79. The maximum absolute atomic E-state index is 12.5. The first kappa shape index (κ1) is 21.7. The molecule has 0 aromatic carbocycles. The van der Waals surface area contributed by atoms with E-state index in [1.54, 1.807) is 0 Å². The molecule has 4 heteroatoms. The Hall–Kier alpha value is 0.749. The van der Waals surface area contributed by atoms with Crippen LogP contribution >= 0.6 is 0 Å². The van der Waals surface area contributed by atoms with Crippen LogP contribution in [-0.2, 0) is 9.84 Å². The van der Waals surface area contributed by atoms with E-state index in [1.165, 1.54) is 51.8 Å². The van der Waals surface area contributed by atoms with Gasteiger partial charge in [-0.15, -0.1) is 0 Å². The Kier molecular flexibility index (Phi) is 12.6. The Bertz CT molecular complexity index is 317. The van der Waals surface area contributed by atoms with E-state index in [9.17, 15) is 8.42 Å². The predicted molar refractivity (Wildman–Crippen MR) is 98.5 cm³/mol. The average molecular weight is 425 g/mol. The Morgan fingerprint density at radius 1 is 0.667 bits per heavy atom. The fourth-order valence-corrected chi connectivity index (χ4v) is 29.9. The molecule has 0 saturated heterocycles. The number of hydrogen-bond donors (Lipinski definition) is 0. The predicted octanol–water partition coefficient (Wildman–Crippen LogP) is 5.59. The SMILES string of the molecule is CCCCS(=O)(=O)[CH2][Sn]([CH2]CCC)([CH2]CCC)[CH2]CCC. The molecule has 0 spiro atoms. The Balaban J connectivity index is 5.01. The summed E-state index contributed by atoms with van der Waals surface area (Å²) in [5, 5.41) is 0. The third-order valence-corrected chi connectivity index (χ3v) is 27.6. The van der Waals surface area contributed by atoms with Gasteiger partial charge in [0.1, 0.15) is 0 Å². The molecule has 0 bridgehead atoms. The summed E-state index contributed by atoms with van der Waals surface area (Å²) in [6.07, 6.45) is 9.25. The van der Waals surface area contributed by atoms with Gasteiger partial charge in [0, 0.05) is 0 Å². The van der Waals surface area contributed by atoms with Crippen LogP contribution < -0.4 is 0 Å². The first-order valence-corrected chi connectivity index (χ1v) is 19.0. The fraction of sp³-hybridized carbons (Fsp3) is 1.00. The Morgan fingerprint density at radius 2 is 1.05 bits per heavy atom. The van der Waals surface area contributed by atoms with Crippen molar-refractivity contribution in [2.24, 2.45) is 0 Å². The molecule has 0 aromatic rings. The topological polar surface area (TPSA) is 34.1 Å². The van der Waals surface area contributed by atoms with Crippen LogP contribution in [0.3, 0.4) is 0 Å². The minimum absolute atomic E-state index is 0.437. The maximum atomic E-state index is 12.5. The molecule has 0 aliphatic heterocycles. The molecule has 0 rings (SSSR count). The standard InChI is InChI=1S/C5H11O2S.3C4H9.Sn/c1-3-4-5-8(2,6)7;3*1-3-4-2;/h2-5H2,1H3;3*1,3-4H2,2H3;. The molecule has 0 atom stereocenters. The van der Waals surface area contributed by atoms with E-state index in [0.717, 1.165) is 12.8 Å². The first-order valence-electron chi connectivity index (χ1n) is 9.15. The molecule has 0 heterocycles. The Labute approximate surface area is 138 Å². The van der Waals surface area contributed by atoms with Gasteiger partial charge in [-0.2, -0.15) is 0 Å². The monoisotopic (exact) mass is 426 g/mol. The third-order valence-electron chi connectivity index (χ3n) is 4.52. The second-order valence-corrected chi connectivity index (χ2v) is 24.3. The van der Waals surface area contributed by atoms with Gasteiger partial charge in [0.15, 0.2) is 0 Å². The van der Waals surface area contributed by atoms with E-state index < -0.39 is 28.2 Å². The van der Waals surface area contributed by atoms with E-state index in [2.05, 4.69) is 27.7 Å². The van der Waals surface area contributed by atoms with E-state index in [4.69, 9.17) is 0 Å².